The highest BCUT2D eigenvalue weighted by molar-refractivity contribution is 5.93. The van der Waals surface area contributed by atoms with Crippen molar-refractivity contribution in [3.8, 4) is 5.69 Å². The van der Waals surface area contributed by atoms with E-state index < -0.39 is 0 Å². The van der Waals surface area contributed by atoms with Crippen LogP contribution in [0, 0.1) is 36.5 Å². The highest BCUT2D eigenvalue weighted by Gasteiger charge is 2.40. The number of fused-ring (bicyclic) bond motifs is 3. The quantitative estimate of drug-likeness (QED) is 0.170. The lowest BCUT2D eigenvalue weighted by Crippen LogP contribution is -2.28. The molecule has 0 amide bonds. The first-order valence-corrected chi connectivity index (χ1v) is 24.5. The third-order valence-corrected chi connectivity index (χ3v) is 15.7. The predicted octanol–water partition coefficient (Wildman–Crippen LogP) is 16.6. The molecule has 10 rings (SSSR count). The highest BCUT2D eigenvalue weighted by atomic mass is 15.0. The minimum atomic E-state index is 0.428. The molecular weight excluding hydrogens is 747 g/mol. The summed E-state index contributed by atoms with van der Waals surface area (Å²) in [6.45, 7) is 8.92. The van der Waals surface area contributed by atoms with E-state index in [9.17, 15) is 0 Å². The zero-order valence-corrected chi connectivity index (χ0v) is 37.5. The van der Waals surface area contributed by atoms with Crippen molar-refractivity contribution in [2.45, 2.75) is 116 Å². The number of rotatable bonds is 11. The highest BCUT2D eigenvalue weighted by Crippen LogP contribution is 2.52. The van der Waals surface area contributed by atoms with Crippen molar-refractivity contribution in [3.63, 3.8) is 0 Å². The van der Waals surface area contributed by atoms with Gasteiger partial charge in [-0.2, -0.15) is 0 Å². The largest absolute Gasteiger partial charge is 0.313 e. The fraction of sp³-hybridized carbons (Fsp3) is 0.377. The minimum absolute atomic E-state index is 0.428. The average Bonchev–Trinajstić information content (AvgIpc) is 3.87. The predicted molar refractivity (Wildman–Crippen MR) is 265 cm³/mol. The second kappa shape index (κ2) is 18.3. The van der Waals surface area contributed by atoms with Gasteiger partial charge in [0.2, 0.25) is 0 Å². The van der Waals surface area contributed by atoms with Crippen molar-refractivity contribution in [1.29, 1.82) is 0 Å². The Morgan fingerprint density at radius 3 is 2.60 bits per heavy atom. The van der Waals surface area contributed by atoms with Crippen LogP contribution in [-0.2, 0) is 6.42 Å². The van der Waals surface area contributed by atoms with Crippen LogP contribution in [0.2, 0.25) is 0 Å². The van der Waals surface area contributed by atoms with Crippen molar-refractivity contribution >= 4 is 17.0 Å². The van der Waals surface area contributed by atoms with Crippen molar-refractivity contribution in [1.82, 2.24) is 4.57 Å². The Bertz CT molecular complexity index is 2570. The zero-order valence-electron chi connectivity index (χ0n) is 37.5. The van der Waals surface area contributed by atoms with Crippen LogP contribution in [0.4, 0.5) is 0 Å². The molecule has 4 unspecified atom stereocenters. The van der Waals surface area contributed by atoms with Gasteiger partial charge in [0, 0.05) is 40.1 Å². The molecule has 3 aromatic rings. The summed E-state index contributed by atoms with van der Waals surface area (Å²) in [5.74, 6) is 2.84. The Labute approximate surface area is 372 Å². The fourth-order valence-corrected chi connectivity index (χ4v) is 12.6. The van der Waals surface area contributed by atoms with Crippen molar-refractivity contribution in [2.75, 3.05) is 0 Å². The van der Waals surface area contributed by atoms with E-state index in [1.807, 2.05) is 0 Å². The first-order valence-electron chi connectivity index (χ1n) is 24.5. The van der Waals surface area contributed by atoms with Gasteiger partial charge in [-0.05, 0) is 185 Å². The second-order valence-corrected chi connectivity index (χ2v) is 19.4. The molecule has 7 aliphatic rings. The van der Waals surface area contributed by atoms with E-state index in [1.54, 1.807) is 39.0 Å². The number of hydrogen-bond donors (Lipinski definition) is 0. The van der Waals surface area contributed by atoms with E-state index >= 15 is 0 Å². The molecule has 0 aliphatic heterocycles. The summed E-state index contributed by atoms with van der Waals surface area (Å²) in [6.07, 6.45) is 57.3. The molecule has 1 aromatic heterocycles. The van der Waals surface area contributed by atoms with Gasteiger partial charge >= 0.3 is 0 Å². The summed E-state index contributed by atoms with van der Waals surface area (Å²) in [4.78, 5) is 0. The van der Waals surface area contributed by atoms with Crippen LogP contribution in [0.15, 0.2) is 179 Å². The summed E-state index contributed by atoms with van der Waals surface area (Å²) in [7, 11) is 0. The smallest absolute Gasteiger partial charge is 0.0537 e. The van der Waals surface area contributed by atoms with E-state index in [-0.39, 0.29) is 0 Å². The molecule has 0 spiro atoms. The molecule has 0 bridgehead atoms. The van der Waals surface area contributed by atoms with Crippen molar-refractivity contribution < 1.29 is 0 Å². The maximum absolute atomic E-state index is 4.11. The zero-order chi connectivity index (χ0) is 42.0. The minimum Gasteiger partial charge on any atom is -0.313 e. The van der Waals surface area contributed by atoms with Gasteiger partial charge in [-0.15, -0.1) is 6.58 Å². The lowest BCUT2D eigenvalue weighted by molar-refractivity contribution is 0.334. The lowest BCUT2D eigenvalue weighted by Gasteiger charge is -2.38. The van der Waals surface area contributed by atoms with Crippen LogP contribution in [0.5, 0.6) is 0 Å². The summed E-state index contributed by atoms with van der Waals surface area (Å²) in [5.41, 5.74) is 19.5. The van der Waals surface area contributed by atoms with Gasteiger partial charge in [0.05, 0.1) is 5.52 Å². The van der Waals surface area contributed by atoms with Crippen LogP contribution < -0.4 is 0 Å². The maximum Gasteiger partial charge on any atom is 0.0537 e. The summed E-state index contributed by atoms with van der Waals surface area (Å²) in [5, 5.41) is 1.37. The summed E-state index contributed by atoms with van der Waals surface area (Å²) in [6, 6.07) is 16.4. The first kappa shape index (κ1) is 40.9. The maximum atomic E-state index is 4.11. The second-order valence-electron chi connectivity index (χ2n) is 19.4. The number of benzene rings is 2. The Hall–Kier alpha value is -5.14. The van der Waals surface area contributed by atoms with Gasteiger partial charge in [0.25, 0.3) is 0 Å². The Morgan fingerprint density at radius 2 is 1.77 bits per heavy atom. The SMILES string of the molecule is C=CCC/C(=C1/C=CCCC1)C1C=CC(C(C2C=C(C)[C@@H](c3ccc(-n4c5c(c6ccccc64)C=CCC5)cc3C)C2)C2CC=CC=C2C2=CC([C@H]3C=CCCC3)=CCC2)=CC1. The number of nitrogens with zero attached hydrogens (tertiary/aromatic N) is 1. The van der Waals surface area contributed by atoms with E-state index in [0.29, 0.717) is 35.5 Å². The Kier molecular flexibility index (Phi) is 12.1. The molecule has 62 heavy (non-hydrogen) atoms. The van der Waals surface area contributed by atoms with E-state index in [2.05, 4.69) is 165 Å². The number of aryl methyl sites for hydroxylation is 1. The van der Waals surface area contributed by atoms with Crippen LogP contribution in [0.3, 0.4) is 0 Å². The van der Waals surface area contributed by atoms with E-state index in [4.69, 9.17) is 0 Å². The molecule has 0 fully saturated rings. The first-order chi connectivity index (χ1) is 30.6. The van der Waals surface area contributed by atoms with Crippen molar-refractivity contribution in [2.24, 2.45) is 29.6 Å². The van der Waals surface area contributed by atoms with Crippen LogP contribution in [0.1, 0.15) is 125 Å². The molecule has 0 saturated carbocycles. The molecule has 316 valence electrons. The molecule has 0 saturated heterocycles. The fourth-order valence-electron chi connectivity index (χ4n) is 12.6. The molecule has 1 heterocycles. The standard InChI is InChI=1S/C61H67N/c1-4-5-25-53(45-21-10-7-11-22-45)46-32-34-47(35-33-46)61(57-29-13-12-26-54(57)49-24-18-23-48(40-49)44-19-8-6-9-20-44)50-38-42(2)58(41-50)52-37-36-51(39-43(52)3)62-59-30-16-14-27-55(59)56-28-15-17-31-60(56)62/h4,8,10,12-16,19,21,23,26-28,30,32,34-40,44,46,50,57-58,61H,1,5-7,9,11,17-18,20,22,24-25,29,31,33,41H2,2-3H3/b53-45+/t44-,46?,50?,57?,58-,61?/m0/s1. The Morgan fingerprint density at radius 1 is 0.871 bits per heavy atom. The topological polar surface area (TPSA) is 4.93 Å². The third kappa shape index (κ3) is 8.02. The third-order valence-electron chi connectivity index (χ3n) is 15.7. The van der Waals surface area contributed by atoms with E-state index in [0.717, 1.165) is 51.4 Å². The van der Waals surface area contributed by atoms with Gasteiger partial charge in [0.15, 0.2) is 0 Å². The van der Waals surface area contributed by atoms with Crippen LogP contribution in [-0.4, -0.2) is 4.57 Å². The number of aromatic nitrogens is 1. The molecule has 0 N–H and O–H groups in total. The molecule has 1 heteroatoms. The number of allylic oxidation sites excluding steroid dienone is 22. The Balaban J connectivity index is 0.983. The molecule has 2 aromatic carbocycles. The normalized spacial score (nSPS) is 27.0. The molecule has 0 radical (unpaired) electrons. The number of para-hydroxylation sites is 1. The van der Waals surface area contributed by atoms with Gasteiger partial charge in [0.1, 0.15) is 0 Å². The van der Waals surface area contributed by atoms with Gasteiger partial charge in [-0.3, -0.25) is 0 Å². The molecule has 7 aliphatic carbocycles. The summed E-state index contributed by atoms with van der Waals surface area (Å²) >= 11 is 0. The van der Waals surface area contributed by atoms with Crippen molar-refractivity contribution in [3.05, 3.63) is 202 Å². The van der Waals surface area contributed by atoms with E-state index in [1.165, 1.54) is 83.9 Å². The molecule has 1 nitrogen and oxygen atoms in total. The molecular formula is C61H67N. The average molecular weight is 814 g/mol. The van der Waals surface area contributed by atoms with Crippen LogP contribution in [0.25, 0.3) is 22.7 Å². The lowest BCUT2D eigenvalue weighted by atomic mass is 9.66. The summed E-state index contributed by atoms with van der Waals surface area (Å²) < 4.78 is 2.55. The molecule has 6 atom stereocenters. The van der Waals surface area contributed by atoms with Gasteiger partial charge in [-0.1, -0.05) is 133 Å². The monoisotopic (exact) mass is 814 g/mol. The van der Waals surface area contributed by atoms with Crippen LogP contribution >= 0.6 is 0 Å². The number of hydrogen-bond acceptors (Lipinski definition) is 0. The van der Waals surface area contributed by atoms with Gasteiger partial charge < -0.3 is 4.57 Å². The van der Waals surface area contributed by atoms with Gasteiger partial charge in [-0.25, -0.2) is 0 Å².